The average molecular weight is 510 g/mol. The van der Waals surface area contributed by atoms with Gasteiger partial charge in [-0.2, -0.15) is 0 Å². The van der Waals surface area contributed by atoms with E-state index in [0.717, 1.165) is 49.2 Å². The molecule has 1 heterocycles. The van der Waals surface area contributed by atoms with Gasteiger partial charge >= 0.3 is 0 Å². The van der Waals surface area contributed by atoms with Crippen LogP contribution in [0.2, 0.25) is 5.02 Å². The number of imidazole rings is 1. The summed E-state index contributed by atoms with van der Waals surface area (Å²) in [4.78, 5) is 5.06. The minimum Gasteiger partial charge on any atom is -0.316 e. The summed E-state index contributed by atoms with van der Waals surface area (Å²) < 4.78 is 44.0. The van der Waals surface area contributed by atoms with Crippen molar-refractivity contribution < 1.29 is 12.8 Å². The van der Waals surface area contributed by atoms with Gasteiger partial charge < -0.3 is 4.57 Å². The second-order valence-electron chi connectivity index (χ2n) is 8.56. The number of aromatic nitrogens is 2. The SMILES string of the molecule is CCCCN(C)S(=O)(=O)c1ccc2c(c1)nc(SCc1ccc(Cl)cc1F)n2C1CCCC1. The van der Waals surface area contributed by atoms with Gasteiger partial charge in [0.2, 0.25) is 10.0 Å². The van der Waals surface area contributed by atoms with Crippen molar-refractivity contribution in [1.82, 2.24) is 13.9 Å². The highest BCUT2D eigenvalue weighted by Gasteiger charge is 2.26. The maximum atomic E-state index is 14.3. The van der Waals surface area contributed by atoms with Crippen LogP contribution in [-0.4, -0.2) is 35.9 Å². The van der Waals surface area contributed by atoms with Crippen LogP contribution in [0.1, 0.15) is 57.1 Å². The van der Waals surface area contributed by atoms with Gasteiger partial charge in [-0.25, -0.2) is 22.1 Å². The second-order valence-corrected chi connectivity index (χ2v) is 12.0. The van der Waals surface area contributed by atoms with E-state index in [4.69, 9.17) is 16.6 Å². The molecule has 0 unspecified atom stereocenters. The van der Waals surface area contributed by atoms with Crippen LogP contribution >= 0.6 is 23.4 Å². The van der Waals surface area contributed by atoms with Crippen LogP contribution in [0, 0.1) is 5.82 Å². The maximum absolute atomic E-state index is 14.3. The predicted molar refractivity (Wildman–Crippen MR) is 133 cm³/mol. The summed E-state index contributed by atoms with van der Waals surface area (Å²) in [5.41, 5.74) is 2.15. The lowest BCUT2D eigenvalue weighted by Crippen LogP contribution is -2.27. The lowest BCUT2D eigenvalue weighted by molar-refractivity contribution is 0.459. The highest BCUT2D eigenvalue weighted by molar-refractivity contribution is 7.98. The highest BCUT2D eigenvalue weighted by Crippen LogP contribution is 2.38. The summed E-state index contributed by atoms with van der Waals surface area (Å²) in [6.07, 6.45) is 6.20. The molecule has 3 aromatic rings. The lowest BCUT2D eigenvalue weighted by atomic mass is 10.2. The molecule has 1 aliphatic carbocycles. The van der Waals surface area contributed by atoms with Gasteiger partial charge in [0.1, 0.15) is 5.82 Å². The van der Waals surface area contributed by atoms with E-state index in [2.05, 4.69) is 4.57 Å². The third-order valence-corrected chi connectivity index (χ3v) is 9.31. The molecule has 1 fully saturated rings. The molecular formula is C24H29ClFN3O2S2. The number of rotatable bonds is 9. The van der Waals surface area contributed by atoms with E-state index >= 15 is 0 Å². The first kappa shape index (κ1) is 24.5. The van der Waals surface area contributed by atoms with Crippen LogP contribution < -0.4 is 0 Å². The summed E-state index contributed by atoms with van der Waals surface area (Å²) in [6.45, 7) is 2.53. The first-order chi connectivity index (χ1) is 15.8. The summed E-state index contributed by atoms with van der Waals surface area (Å²) in [5, 5.41) is 1.16. The minimum absolute atomic E-state index is 0.255. The van der Waals surface area contributed by atoms with E-state index < -0.39 is 10.0 Å². The molecule has 0 bridgehead atoms. The molecule has 0 saturated heterocycles. The number of fused-ring (bicyclic) bond motifs is 1. The fourth-order valence-electron chi connectivity index (χ4n) is 4.30. The van der Waals surface area contributed by atoms with Crippen LogP contribution in [0.5, 0.6) is 0 Å². The molecule has 0 aliphatic heterocycles. The molecule has 1 aromatic heterocycles. The maximum Gasteiger partial charge on any atom is 0.242 e. The third kappa shape index (κ3) is 5.24. The van der Waals surface area contributed by atoms with Crippen LogP contribution in [0.25, 0.3) is 11.0 Å². The largest absolute Gasteiger partial charge is 0.316 e. The van der Waals surface area contributed by atoms with Gasteiger partial charge in [0.05, 0.1) is 15.9 Å². The van der Waals surface area contributed by atoms with Gasteiger partial charge in [-0.3, -0.25) is 0 Å². The van der Waals surface area contributed by atoms with Crippen molar-refractivity contribution in [3.05, 3.63) is 52.8 Å². The summed E-state index contributed by atoms with van der Waals surface area (Å²) in [5.74, 6) is 0.0891. The van der Waals surface area contributed by atoms with Gasteiger partial charge in [0, 0.05) is 30.4 Å². The predicted octanol–water partition coefficient (Wildman–Crippen LogP) is 6.66. The number of unbranched alkanes of at least 4 members (excludes halogenated alkanes) is 1. The molecular weight excluding hydrogens is 481 g/mol. The van der Waals surface area contributed by atoms with Gasteiger partial charge in [0.25, 0.3) is 0 Å². The van der Waals surface area contributed by atoms with E-state index in [1.54, 1.807) is 31.3 Å². The standard InChI is InChI=1S/C24H29ClFN3O2S2/c1-3-4-13-28(2)33(30,31)20-11-12-23-22(15-20)27-24(29(23)19-7-5-6-8-19)32-16-17-9-10-18(25)14-21(17)26/h9-12,14-15,19H,3-8,13,16H2,1-2H3. The first-order valence-corrected chi connectivity index (χ1v) is 14.2. The zero-order chi connectivity index (χ0) is 23.6. The smallest absolute Gasteiger partial charge is 0.242 e. The van der Waals surface area contributed by atoms with Gasteiger partial charge in [-0.05, 0) is 55.2 Å². The number of sulfonamides is 1. The molecule has 0 N–H and O–H groups in total. The average Bonchev–Trinajstić information content (AvgIpc) is 3.43. The number of nitrogens with zero attached hydrogens (tertiary/aromatic N) is 3. The van der Waals surface area contributed by atoms with Crippen molar-refractivity contribution in [2.45, 2.75) is 67.3 Å². The molecule has 0 spiro atoms. The Morgan fingerprint density at radius 3 is 2.67 bits per heavy atom. The molecule has 0 radical (unpaired) electrons. The molecule has 9 heteroatoms. The van der Waals surface area contributed by atoms with E-state index in [1.165, 1.54) is 22.1 Å². The Balaban J connectivity index is 1.69. The fraction of sp³-hybridized carbons (Fsp3) is 0.458. The van der Waals surface area contributed by atoms with Crippen LogP contribution in [0.15, 0.2) is 46.5 Å². The minimum atomic E-state index is -3.58. The first-order valence-electron chi connectivity index (χ1n) is 11.4. The normalized spacial score (nSPS) is 15.2. The van der Waals surface area contributed by atoms with Gasteiger partial charge in [-0.1, -0.05) is 55.6 Å². The number of halogens is 2. The Bertz CT molecular complexity index is 1240. The Hall–Kier alpha value is -1.61. The molecule has 178 valence electrons. The molecule has 2 aromatic carbocycles. The van der Waals surface area contributed by atoms with Crippen LogP contribution in [0.3, 0.4) is 0 Å². The van der Waals surface area contributed by atoms with E-state index in [1.807, 2.05) is 13.0 Å². The molecule has 1 saturated carbocycles. The van der Waals surface area contributed by atoms with Crippen molar-refractivity contribution in [2.75, 3.05) is 13.6 Å². The van der Waals surface area contributed by atoms with Crippen molar-refractivity contribution in [3.8, 4) is 0 Å². The topological polar surface area (TPSA) is 55.2 Å². The summed E-state index contributed by atoms with van der Waals surface area (Å²) in [7, 11) is -1.96. The van der Waals surface area contributed by atoms with Gasteiger partial charge in [0.15, 0.2) is 5.16 Å². The van der Waals surface area contributed by atoms with Crippen molar-refractivity contribution in [3.63, 3.8) is 0 Å². The van der Waals surface area contributed by atoms with Crippen LogP contribution in [0.4, 0.5) is 4.39 Å². The van der Waals surface area contributed by atoms with Crippen LogP contribution in [-0.2, 0) is 15.8 Å². The summed E-state index contributed by atoms with van der Waals surface area (Å²) in [6, 6.07) is 10.3. The van der Waals surface area contributed by atoms with Crippen molar-refractivity contribution >= 4 is 44.4 Å². The highest BCUT2D eigenvalue weighted by atomic mass is 35.5. The Labute approximate surface area is 204 Å². The zero-order valence-electron chi connectivity index (χ0n) is 18.9. The number of benzene rings is 2. The number of hydrogen-bond donors (Lipinski definition) is 0. The molecule has 33 heavy (non-hydrogen) atoms. The van der Waals surface area contributed by atoms with E-state index in [-0.39, 0.29) is 10.7 Å². The molecule has 4 rings (SSSR count). The monoisotopic (exact) mass is 509 g/mol. The fourth-order valence-corrected chi connectivity index (χ4v) is 6.75. The van der Waals surface area contributed by atoms with Crippen molar-refractivity contribution in [2.24, 2.45) is 0 Å². The lowest BCUT2D eigenvalue weighted by Gasteiger charge is -2.18. The number of thioether (sulfide) groups is 1. The molecule has 1 aliphatic rings. The quantitative estimate of drug-likeness (QED) is 0.303. The van der Waals surface area contributed by atoms with Crippen molar-refractivity contribution in [1.29, 1.82) is 0 Å². The number of hydrogen-bond acceptors (Lipinski definition) is 4. The Morgan fingerprint density at radius 1 is 1.21 bits per heavy atom. The third-order valence-electron chi connectivity index (χ3n) is 6.23. The molecule has 5 nitrogen and oxygen atoms in total. The van der Waals surface area contributed by atoms with Gasteiger partial charge in [-0.15, -0.1) is 0 Å². The van der Waals surface area contributed by atoms with E-state index in [9.17, 15) is 12.8 Å². The summed E-state index contributed by atoms with van der Waals surface area (Å²) >= 11 is 7.36. The Kier molecular flexibility index (Phi) is 7.68. The molecule has 0 atom stereocenters. The second kappa shape index (κ2) is 10.3. The zero-order valence-corrected chi connectivity index (χ0v) is 21.3. The van der Waals surface area contributed by atoms with E-state index in [0.29, 0.717) is 34.4 Å². The Morgan fingerprint density at radius 2 is 1.97 bits per heavy atom. The molecule has 0 amide bonds.